The van der Waals surface area contributed by atoms with Crippen molar-refractivity contribution in [2.24, 2.45) is 5.92 Å². The summed E-state index contributed by atoms with van der Waals surface area (Å²) in [4.78, 5) is 12.3. The minimum Gasteiger partial charge on any atom is -0.433 e. The van der Waals surface area contributed by atoms with Gasteiger partial charge in [-0.2, -0.15) is 8.78 Å². The molecule has 2 rings (SSSR count). The highest BCUT2D eigenvalue weighted by atomic mass is 35.5. The van der Waals surface area contributed by atoms with Crippen LogP contribution in [0.15, 0.2) is 11.4 Å². The molecule has 20 heavy (non-hydrogen) atoms. The number of hydrogen-bond donors (Lipinski definition) is 2. The van der Waals surface area contributed by atoms with Crippen molar-refractivity contribution in [2.75, 3.05) is 13.1 Å². The first-order valence-corrected chi connectivity index (χ1v) is 6.99. The van der Waals surface area contributed by atoms with Crippen LogP contribution in [-0.4, -0.2) is 31.7 Å². The number of rotatable bonds is 4. The molecule has 1 aliphatic heterocycles. The Balaban J connectivity index is 0.00000200. The first-order chi connectivity index (χ1) is 9.08. The van der Waals surface area contributed by atoms with Crippen LogP contribution in [0.4, 0.5) is 8.78 Å². The van der Waals surface area contributed by atoms with Crippen molar-refractivity contribution >= 4 is 29.7 Å². The Kier molecular flexibility index (Phi) is 6.64. The van der Waals surface area contributed by atoms with Crippen molar-refractivity contribution in [1.82, 2.24) is 10.6 Å². The van der Waals surface area contributed by atoms with Gasteiger partial charge in [0.2, 0.25) is 0 Å². The smallest absolute Gasteiger partial charge is 0.387 e. The molecule has 8 heteroatoms. The van der Waals surface area contributed by atoms with E-state index in [9.17, 15) is 13.6 Å². The van der Waals surface area contributed by atoms with Crippen LogP contribution in [0.25, 0.3) is 0 Å². The van der Waals surface area contributed by atoms with E-state index < -0.39 is 6.61 Å². The van der Waals surface area contributed by atoms with E-state index >= 15 is 0 Å². The zero-order valence-corrected chi connectivity index (χ0v) is 12.5. The summed E-state index contributed by atoms with van der Waals surface area (Å²) >= 11 is 1.10. The van der Waals surface area contributed by atoms with E-state index in [2.05, 4.69) is 15.4 Å². The van der Waals surface area contributed by atoms with Gasteiger partial charge in [-0.25, -0.2) is 0 Å². The van der Waals surface area contributed by atoms with Crippen LogP contribution in [-0.2, 0) is 0 Å². The molecule has 2 atom stereocenters. The number of thiophene rings is 1. The molecule has 1 aromatic heterocycles. The molecular formula is C12H17ClF2N2O2S. The zero-order valence-electron chi connectivity index (χ0n) is 10.9. The van der Waals surface area contributed by atoms with Crippen molar-refractivity contribution in [3.05, 3.63) is 16.3 Å². The number of hydrogen-bond acceptors (Lipinski definition) is 4. The Morgan fingerprint density at radius 1 is 1.60 bits per heavy atom. The molecule has 0 bridgehead atoms. The van der Waals surface area contributed by atoms with E-state index in [0.717, 1.165) is 30.8 Å². The Morgan fingerprint density at radius 3 is 3.00 bits per heavy atom. The maximum Gasteiger partial charge on any atom is 0.387 e. The lowest BCUT2D eigenvalue weighted by atomic mass is 9.95. The number of carbonyl (C=O) groups is 1. The minimum absolute atomic E-state index is 0. The fraction of sp³-hybridized carbons (Fsp3) is 0.583. The number of halogens is 3. The third kappa shape index (κ3) is 4.29. The van der Waals surface area contributed by atoms with Crippen molar-refractivity contribution in [3.63, 3.8) is 0 Å². The average Bonchev–Trinajstić information content (AvgIpc) is 2.79. The van der Waals surface area contributed by atoms with Crippen LogP contribution >= 0.6 is 23.7 Å². The predicted octanol–water partition coefficient (Wildman–Crippen LogP) is 2.50. The lowest BCUT2D eigenvalue weighted by Crippen LogP contribution is -2.48. The van der Waals surface area contributed by atoms with Crippen LogP contribution in [0.1, 0.15) is 23.0 Å². The number of alkyl halides is 2. The second-order valence-electron chi connectivity index (χ2n) is 4.54. The van der Waals surface area contributed by atoms with E-state index in [1.54, 1.807) is 5.38 Å². The zero-order chi connectivity index (χ0) is 13.8. The lowest BCUT2D eigenvalue weighted by Gasteiger charge is -2.30. The molecule has 0 spiro atoms. The highest BCUT2D eigenvalue weighted by molar-refractivity contribution is 7.12. The standard InChI is InChI=1S/C12H16F2N2O2S.ClH/c1-7-6-15-4-2-8(7)16-11(17)10-9(3-5-19-10)18-12(13)14;/h3,5,7-8,12,15H,2,4,6H2,1H3,(H,16,17);1H. The molecule has 1 saturated heterocycles. The van der Waals surface area contributed by atoms with Crippen molar-refractivity contribution in [3.8, 4) is 5.75 Å². The predicted molar refractivity (Wildman–Crippen MR) is 76.1 cm³/mol. The van der Waals surface area contributed by atoms with Gasteiger partial charge in [0.05, 0.1) is 0 Å². The maximum absolute atomic E-state index is 12.2. The van der Waals surface area contributed by atoms with Crippen molar-refractivity contribution in [1.29, 1.82) is 0 Å². The molecular weight excluding hydrogens is 310 g/mol. The summed E-state index contributed by atoms with van der Waals surface area (Å²) in [5.41, 5.74) is 0. The molecule has 1 amide bonds. The molecule has 1 aliphatic rings. The summed E-state index contributed by atoms with van der Waals surface area (Å²) in [6.07, 6.45) is 0.837. The molecule has 0 aliphatic carbocycles. The van der Waals surface area contributed by atoms with E-state index in [-0.39, 0.29) is 35.0 Å². The maximum atomic E-state index is 12.2. The summed E-state index contributed by atoms with van der Waals surface area (Å²) in [6.45, 7) is 0.816. The van der Waals surface area contributed by atoms with E-state index in [0.29, 0.717) is 5.92 Å². The first kappa shape index (κ1) is 17.1. The second-order valence-corrected chi connectivity index (χ2v) is 5.46. The van der Waals surface area contributed by atoms with Gasteiger partial charge in [-0.15, -0.1) is 23.7 Å². The van der Waals surface area contributed by atoms with Gasteiger partial charge in [0.1, 0.15) is 10.6 Å². The quantitative estimate of drug-likeness (QED) is 0.894. The Hall–Kier alpha value is -0.920. The fourth-order valence-corrected chi connectivity index (χ4v) is 2.84. The summed E-state index contributed by atoms with van der Waals surface area (Å²) in [6, 6.07) is 1.45. The Labute approximate surface area is 126 Å². The van der Waals surface area contributed by atoms with Gasteiger partial charge in [-0.3, -0.25) is 4.79 Å². The van der Waals surface area contributed by atoms with Crippen LogP contribution in [0.2, 0.25) is 0 Å². The first-order valence-electron chi connectivity index (χ1n) is 6.12. The molecule has 0 saturated carbocycles. The Morgan fingerprint density at radius 2 is 2.35 bits per heavy atom. The van der Waals surface area contributed by atoms with Crippen molar-refractivity contribution in [2.45, 2.75) is 26.0 Å². The number of piperidine rings is 1. The number of carbonyl (C=O) groups excluding carboxylic acids is 1. The molecule has 114 valence electrons. The monoisotopic (exact) mass is 326 g/mol. The summed E-state index contributed by atoms with van der Waals surface area (Å²) in [5.74, 6) is -0.0828. The van der Waals surface area contributed by atoms with Crippen LogP contribution in [0.3, 0.4) is 0 Å². The van der Waals surface area contributed by atoms with Crippen LogP contribution in [0.5, 0.6) is 5.75 Å². The molecule has 2 heterocycles. The van der Waals surface area contributed by atoms with Gasteiger partial charge < -0.3 is 15.4 Å². The number of amides is 1. The molecule has 0 radical (unpaired) electrons. The molecule has 0 aromatic carbocycles. The van der Waals surface area contributed by atoms with E-state index in [1.165, 1.54) is 6.07 Å². The van der Waals surface area contributed by atoms with Gasteiger partial charge in [0.15, 0.2) is 0 Å². The van der Waals surface area contributed by atoms with Gasteiger partial charge in [0, 0.05) is 6.04 Å². The van der Waals surface area contributed by atoms with Crippen LogP contribution in [0, 0.1) is 5.92 Å². The number of nitrogens with one attached hydrogen (secondary N) is 2. The van der Waals surface area contributed by atoms with Crippen molar-refractivity contribution < 1.29 is 18.3 Å². The summed E-state index contributed by atoms with van der Waals surface area (Å²) < 4.78 is 28.7. The van der Waals surface area contributed by atoms with Crippen LogP contribution < -0.4 is 15.4 Å². The molecule has 1 aromatic rings. The van der Waals surface area contributed by atoms with Gasteiger partial charge in [-0.05, 0) is 36.9 Å². The molecule has 4 nitrogen and oxygen atoms in total. The lowest BCUT2D eigenvalue weighted by molar-refractivity contribution is -0.0498. The van der Waals surface area contributed by atoms with Gasteiger partial charge in [-0.1, -0.05) is 6.92 Å². The minimum atomic E-state index is -2.92. The highest BCUT2D eigenvalue weighted by Crippen LogP contribution is 2.26. The normalized spacial score (nSPS) is 22.2. The number of ether oxygens (including phenoxy) is 1. The Bertz CT molecular complexity index is 445. The van der Waals surface area contributed by atoms with E-state index in [1.807, 2.05) is 6.92 Å². The average molecular weight is 327 g/mol. The van der Waals surface area contributed by atoms with Gasteiger partial charge >= 0.3 is 6.61 Å². The highest BCUT2D eigenvalue weighted by Gasteiger charge is 2.25. The SMILES string of the molecule is CC1CNCCC1NC(=O)c1sccc1OC(F)F.Cl. The molecule has 2 N–H and O–H groups in total. The van der Waals surface area contributed by atoms with E-state index in [4.69, 9.17) is 0 Å². The summed E-state index contributed by atoms with van der Waals surface area (Å²) in [5, 5.41) is 7.70. The molecule has 1 fully saturated rings. The second kappa shape index (κ2) is 7.75. The summed E-state index contributed by atoms with van der Waals surface area (Å²) in [7, 11) is 0. The molecule has 2 unspecified atom stereocenters. The van der Waals surface area contributed by atoms with Gasteiger partial charge in [0.25, 0.3) is 5.91 Å². The third-order valence-electron chi connectivity index (χ3n) is 3.15. The fourth-order valence-electron chi connectivity index (χ4n) is 2.11. The topological polar surface area (TPSA) is 50.4 Å². The third-order valence-corrected chi connectivity index (χ3v) is 4.05. The largest absolute Gasteiger partial charge is 0.433 e.